The predicted octanol–water partition coefficient (Wildman–Crippen LogP) is 6.30. The van der Waals surface area contributed by atoms with Gasteiger partial charge in [-0.2, -0.15) is 10.2 Å². The number of aromatic nitrogens is 4. The zero-order chi connectivity index (χ0) is 38.0. The van der Waals surface area contributed by atoms with E-state index in [9.17, 15) is 9.59 Å². The Morgan fingerprint density at radius 3 is 1.82 bits per heavy atom. The van der Waals surface area contributed by atoms with E-state index in [1.165, 1.54) is 0 Å². The van der Waals surface area contributed by atoms with Gasteiger partial charge in [0.05, 0.1) is 43.9 Å². The van der Waals surface area contributed by atoms with Gasteiger partial charge in [0.2, 0.25) is 0 Å². The van der Waals surface area contributed by atoms with Crippen LogP contribution < -0.4 is 26.0 Å². The molecule has 4 aromatic carbocycles. The second kappa shape index (κ2) is 17.8. The molecule has 0 saturated carbocycles. The topological polar surface area (TPSA) is 167 Å². The Hall–Kier alpha value is -6.12. The van der Waals surface area contributed by atoms with Crippen LogP contribution in [-0.4, -0.2) is 78.7 Å². The molecule has 2 amide bonds. The average molecular weight is 741 g/mol. The number of morpholine rings is 2. The number of methoxy groups -OCH3 is 1. The van der Waals surface area contributed by atoms with Crippen molar-refractivity contribution >= 4 is 23.2 Å². The van der Waals surface area contributed by atoms with Crippen molar-refractivity contribution in [1.82, 2.24) is 31.0 Å². The molecule has 4 heterocycles. The molecule has 2 saturated heterocycles. The van der Waals surface area contributed by atoms with Crippen molar-refractivity contribution in [2.45, 2.75) is 19.1 Å². The first-order valence-electron chi connectivity index (χ1n) is 18.2. The lowest BCUT2D eigenvalue weighted by Crippen LogP contribution is -2.33. The van der Waals surface area contributed by atoms with Gasteiger partial charge in [-0.15, -0.1) is 0 Å². The molecule has 13 nitrogen and oxygen atoms in total. The highest BCUT2D eigenvalue weighted by Crippen LogP contribution is 2.26. The van der Waals surface area contributed by atoms with E-state index in [1.54, 1.807) is 13.2 Å². The molecule has 2 aliphatic heterocycles. The van der Waals surface area contributed by atoms with E-state index in [2.05, 4.69) is 41.7 Å². The Balaban J connectivity index is 0.000000169. The van der Waals surface area contributed by atoms with Gasteiger partial charge in [-0.3, -0.25) is 19.8 Å². The molecule has 0 unspecified atom stereocenters. The van der Waals surface area contributed by atoms with E-state index in [0.717, 1.165) is 76.8 Å². The smallest absolute Gasteiger partial charge is 0.273 e. The Kier molecular flexibility index (Phi) is 12.0. The van der Waals surface area contributed by atoms with Crippen LogP contribution in [-0.2, 0) is 9.47 Å². The SMILES string of the molecule is COc1ccc(-c2cc(C(=O)Nc3ccc([C@H]4CNCCO4)cc3)[nH]n2)cc1.Cc1c(-c2ccccc2)n[nH]c1C(=O)Nc1ccc([C@H]2CNCCO2)cc1. The van der Waals surface area contributed by atoms with Crippen LogP contribution in [0.25, 0.3) is 22.5 Å². The molecular formula is C42H44N8O5. The molecule has 8 rings (SSSR count). The first kappa shape index (κ1) is 37.2. The van der Waals surface area contributed by atoms with Crippen LogP contribution in [0.3, 0.4) is 0 Å². The number of hydrogen-bond acceptors (Lipinski definition) is 9. The second-order valence-corrected chi connectivity index (χ2v) is 13.1. The highest BCUT2D eigenvalue weighted by molar-refractivity contribution is 6.05. The molecule has 0 aliphatic carbocycles. The number of anilines is 2. The Labute approximate surface area is 319 Å². The van der Waals surface area contributed by atoms with Crippen LogP contribution in [0.4, 0.5) is 11.4 Å². The zero-order valence-electron chi connectivity index (χ0n) is 30.7. The van der Waals surface area contributed by atoms with Gasteiger partial charge < -0.3 is 35.5 Å². The molecule has 0 radical (unpaired) electrons. The van der Waals surface area contributed by atoms with Crippen molar-refractivity contribution in [2.75, 3.05) is 57.1 Å². The third-order valence-corrected chi connectivity index (χ3v) is 9.43. The number of aromatic amines is 2. The summed E-state index contributed by atoms with van der Waals surface area (Å²) in [4.78, 5) is 25.2. The number of nitrogens with one attached hydrogen (secondary N) is 6. The molecule has 2 aliphatic rings. The van der Waals surface area contributed by atoms with Crippen LogP contribution in [0.15, 0.2) is 109 Å². The van der Waals surface area contributed by atoms with E-state index in [0.29, 0.717) is 30.3 Å². The van der Waals surface area contributed by atoms with Crippen molar-refractivity contribution in [3.05, 3.63) is 137 Å². The van der Waals surface area contributed by atoms with Gasteiger partial charge in [0, 0.05) is 54.2 Å². The molecule has 2 fully saturated rings. The predicted molar refractivity (Wildman–Crippen MR) is 211 cm³/mol. The highest BCUT2D eigenvalue weighted by atomic mass is 16.5. The number of H-pyrrole nitrogens is 2. The lowest BCUT2D eigenvalue weighted by molar-refractivity contribution is 0.0276. The van der Waals surface area contributed by atoms with Crippen LogP contribution in [0, 0.1) is 6.92 Å². The Morgan fingerprint density at radius 1 is 0.691 bits per heavy atom. The molecule has 55 heavy (non-hydrogen) atoms. The minimum absolute atomic E-state index is 0.0539. The fraction of sp³-hybridized carbons (Fsp3) is 0.238. The molecule has 2 atom stereocenters. The van der Waals surface area contributed by atoms with E-state index in [4.69, 9.17) is 14.2 Å². The summed E-state index contributed by atoms with van der Waals surface area (Å²) in [5.74, 6) is 0.330. The van der Waals surface area contributed by atoms with Crippen molar-refractivity contribution in [3.63, 3.8) is 0 Å². The fourth-order valence-corrected chi connectivity index (χ4v) is 6.36. The van der Waals surface area contributed by atoms with Gasteiger partial charge in [-0.05, 0) is 72.6 Å². The van der Waals surface area contributed by atoms with Gasteiger partial charge in [-0.25, -0.2) is 0 Å². The maximum absolute atomic E-state index is 12.6. The molecule has 0 bridgehead atoms. The Morgan fingerprint density at radius 2 is 1.27 bits per heavy atom. The first-order chi connectivity index (χ1) is 26.9. The van der Waals surface area contributed by atoms with Gasteiger partial charge >= 0.3 is 0 Å². The summed E-state index contributed by atoms with van der Waals surface area (Å²) in [7, 11) is 1.62. The number of carbonyl (C=O) groups excluding carboxylic acids is 2. The standard InChI is InChI=1S/C21H22N4O3.C21H22N4O2/c1-27-17-8-4-14(5-9-17)18-12-19(25-24-18)21(26)23-16-6-2-15(3-7-16)20-13-22-10-11-28-20;1-14-19(16-5-3-2-4-6-16)24-25-20(14)21(26)23-17-9-7-15(8-10-17)18-13-22-11-12-27-18/h2-9,12,20,22H,10-11,13H2,1H3,(H,23,26)(H,24,25);2-10,18,22H,11-13H2,1H3,(H,23,26)(H,24,25)/t20-;18-/m11/s1. The van der Waals surface area contributed by atoms with Crippen molar-refractivity contribution in [1.29, 1.82) is 0 Å². The molecule has 282 valence electrons. The minimum atomic E-state index is -0.240. The van der Waals surface area contributed by atoms with Gasteiger partial charge in [0.25, 0.3) is 11.8 Å². The molecule has 2 aromatic heterocycles. The molecule has 0 spiro atoms. The first-order valence-corrected chi connectivity index (χ1v) is 18.2. The number of carbonyl (C=O) groups is 2. The maximum atomic E-state index is 12.6. The number of rotatable bonds is 9. The van der Waals surface area contributed by atoms with Crippen LogP contribution in [0.5, 0.6) is 5.75 Å². The van der Waals surface area contributed by atoms with Crippen LogP contribution in [0.1, 0.15) is 49.9 Å². The molecule has 13 heteroatoms. The number of nitrogens with zero attached hydrogens (tertiary/aromatic N) is 2. The third-order valence-electron chi connectivity index (χ3n) is 9.43. The van der Waals surface area contributed by atoms with Gasteiger partial charge in [0.1, 0.15) is 17.1 Å². The summed E-state index contributed by atoms with van der Waals surface area (Å²) in [5, 5.41) is 26.6. The Bertz CT molecular complexity index is 2150. The summed E-state index contributed by atoms with van der Waals surface area (Å²) in [6, 6.07) is 34.6. The summed E-state index contributed by atoms with van der Waals surface area (Å²) in [5.41, 5.74) is 8.73. The lowest BCUT2D eigenvalue weighted by atomic mass is 10.1. The third kappa shape index (κ3) is 9.34. The molecular weight excluding hydrogens is 697 g/mol. The summed E-state index contributed by atoms with van der Waals surface area (Å²) in [6.45, 7) is 6.70. The lowest BCUT2D eigenvalue weighted by Gasteiger charge is -2.24. The van der Waals surface area contributed by atoms with Crippen LogP contribution >= 0.6 is 0 Å². The minimum Gasteiger partial charge on any atom is -0.497 e. The number of hydrogen-bond donors (Lipinski definition) is 6. The summed E-state index contributed by atoms with van der Waals surface area (Å²) < 4.78 is 16.7. The van der Waals surface area contributed by atoms with E-state index >= 15 is 0 Å². The number of ether oxygens (including phenoxy) is 3. The van der Waals surface area contributed by atoms with Gasteiger partial charge in [0.15, 0.2) is 0 Å². The number of amides is 2. The normalized spacial score (nSPS) is 16.7. The monoisotopic (exact) mass is 740 g/mol. The molecule has 6 N–H and O–H groups in total. The number of benzene rings is 4. The van der Waals surface area contributed by atoms with E-state index in [1.807, 2.05) is 110 Å². The largest absolute Gasteiger partial charge is 0.497 e. The van der Waals surface area contributed by atoms with Gasteiger partial charge in [-0.1, -0.05) is 54.6 Å². The highest BCUT2D eigenvalue weighted by Gasteiger charge is 2.19. The second-order valence-electron chi connectivity index (χ2n) is 13.1. The van der Waals surface area contributed by atoms with E-state index < -0.39 is 0 Å². The average Bonchev–Trinajstić information content (AvgIpc) is 3.90. The van der Waals surface area contributed by atoms with Crippen molar-refractivity contribution in [2.24, 2.45) is 0 Å². The summed E-state index contributed by atoms with van der Waals surface area (Å²) >= 11 is 0. The molecule has 6 aromatic rings. The van der Waals surface area contributed by atoms with E-state index in [-0.39, 0.29) is 24.0 Å². The maximum Gasteiger partial charge on any atom is 0.273 e. The quantitative estimate of drug-likeness (QED) is 0.0998. The fourth-order valence-electron chi connectivity index (χ4n) is 6.36. The summed E-state index contributed by atoms with van der Waals surface area (Å²) in [6.07, 6.45) is 0.116. The van der Waals surface area contributed by atoms with Crippen molar-refractivity contribution < 1.29 is 23.8 Å². The van der Waals surface area contributed by atoms with Crippen LogP contribution in [0.2, 0.25) is 0 Å². The zero-order valence-corrected chi connectivity index (χ0v) is 30.7. The van der Waals surface area contributed by atoms with Crippen molar-refractivity contribution in [3.8, 4) is 28.3 Å².